The van der Waals surface area contributed by atoms with Gasteiger partial charge in [0.15, 0.2) is 6.29 Å². The Morgan fingerprint density at radius 3 is 2.71 bits per heavy atom. The van der Waals surface area contributed by atoms with E-state index < -0.39 is 24.5 Å². The molecule has 6 nitrogen and oxygen atoms in total. The molecule has 0 aromatic rings. The van der Waals surface area contributed by atoms with Crippen molar-refractivity contribution in [1.82, 2.24) is 5.32 Å². The van der Waals surface area contributed by atoms with E-state index in [1.807, 2.05) is 0 Å². The van der Waals surface area contributed by atoms with Crippen LogP contribution in [0.2, 0.25) is 0 Å². The molecule has 0 spiro atoms. The van der Waals surface area contributed by atoms with Crippen molar-refractivity contribution in [3.05, 3.63) is 0 Å². The summed E-state index contributed by atoms with van der Waals surface area (Å²) in [6.07, 6.45) is -2.67. The zero-order valence-electron chi connectivity index (χ0n) is 7.88. The van der Waals surface area contributed by atoms with E-state index in [4.69, 9.17) is 9.84 Å². The number of hydrogen-bond acceptors (Lipinski definition) is 5. The van der Waals surface area contributed by atoms with E-state index in [9.17, 15) is 15.0 Å². The lowest BCUT2D eigenvalue weighted by atomic mass is 10.0. The molecule has 1 heterocycles. The minimum atomic E-state index is -1.18. The Morgan fingerprint density at radius 2 is 2.21 bits per heavy atom. The minimum Gasteiger partial charge on any atom is -0.394 e. The normalized spacial score (nSPS) is 38.0. The monoisotopic (exact) mass is 205 g/mol. The highest BCUT2D eigenvalue weighted by molar-refractivity contribution is 5.73. The zero-order chi connectivity index (χ0) is 10.7. The molecular formula is C8H15NO5. The molecule has 1 aliphatic rings. The molecule has 4 atom stereocenters. The van der Waals surface area contributed by atoms with Crippen LogP contribution in [0.5, 0.6) is 0 Å². The molecule has 4 unspecified atom stereocenters. The highest BCUT2D eigenvalue weighted by atomic mass is 16.6. The molecule has 14 heavy (non-hydrogen) atoms. The molecule has 0 bridgehead atoms. The van der Waals surface area contributed by atoms with Crippen LogP contribution in [0.4, 0.5) is 0 Å². The average molecular weight is 205 g/mol. The molecule has 0 aromatic heterocycles. The summed E-state index contributed by atoms with van der Waals surface area (Å²) in [4.78, 5) is 10.7. The maximum absolute atomic E-state index is 10.7. The summed E-state index contributed by atoms with van der Waals surface area (Å²) in [6, 6.07) is -0.620. The van der Waals surface area contributed by atoms with E-state index in [0.717, 1.165) is 0 Å². The molecule has 1 fully saturated rings. The number of nitrogens with one attached hydrogen (secondary N) is 1. The fourth-order valence-corrected chi connectivity index (χ4v) is 1.45. The minimum absolute atomic E-state index is 0.173. The van der Waals surface area contributed by atoms with Crippen molar-refractivity contribution in [3.8, 4) is 0 Å². The van der Waals surface area contributed by atoms with Crippen LogP contribution in [0.15, 0.2) is 0 Å². The van der Waals surface area contributed by atoms with Gasteiger partial charge in [0, 0.05) is 13.3 Å². The summed E-state index contributed by atoms with van der Waals surface area (Å²) >= 11 is 0. The van der Waals surface area contributed by atoms with Gasteiger partial charge >= 0.3 is 0 Å². The van der Waals surface area contributed by atoms with Crippen molar-refractivity contribution >= 4 is 5.91 Å². The van der Waals surface area contributed by atoms with Gasteiger partial charge in [0.05, 0.1) is 18.8 Å². The summed E-state index contributed by atoms with van der Waals surface area (Å²) < 4.78 is 4.90. The van der Waals surface area contributed by atoms with Crippen molar-refractivity contribution in [1.29, 1.82) is 0 Å². The summed E-state index contributed by atoms with van der Waals surface area (Å²) in [5, 5.41) is 30.0. The highest BCUT2D eigenvalue weighted by Gasteiger charge is 2.36. The highest BCUT2D eigenvalue weighted by Crippen LogP contribution is 2.18. The third-order valence-electron chi connectivity index (χ3n) is 2.15. The molecule has 4 N–H and O–H groups in total. The van der Waals surface area contributed by atoms with E-state index in [0.29, 0.717) is 0 Å². The van der Waals surface area contributed by atoms with E-state index >= 15 is 0 Å². The molecule has 82 valence electrons. The third kappa shape index (κ3) is 2.65. The second-order valence-corrected chi connectivity index (χ2v) is 3.36. The second-order valence-electron chi connectivity index (χ2n) is 3.36. The van der Waals surface area contributed by atoms with E-state index in [-0.39, 0.29) is 18.9 Å². The summed E-state index contributed by atoms with van der Waals surface area (Å²) in [7, 11) is 0. The van der Waals surface area contributed by atoms with Crippen molar-refractivity contribution in [2.45, 2.75) is 37.9 Å². The Morgan fingerprint density at radius 1 is 1.57 bits per heavy atom. The number of hydrogen-bond donors (Lipinski definition) is 4. The number of aliphatic hydroxyl groups is 3. The number of rotatable bonds is 2. The van der Waals surface area contributed by atoms with Gasteiger partial charge in [-0.1, -0.05) is 0 Å². The predicted octanol–water partition coefficient (Wildman–Crippen LogP) is -2.05. The Labute approximate surface area is 81.5 Å². The lowest BCUT2D eigenvalue weighted by molar-refractivity contribution is -0.221. The number of amides is 1. The molecule has 0 aliphatic carbocycles. The lowest BCUT2D eigenvalue weighted by Gasteiger charge is -2.36. The molecule has 0 aromatic carbocycles. The standard InChI is InChI=1S/C8H15NO5/c1-4(11)9-5-2-6(12)7(3-10)14-8(5)13/h5-8,10,12-13H,2-3H2,1H3,(H,9,11). The Bertz CT molecular complexity index is 210. The molecule has 1 aliphatic heterocycles. The number of carbonyl (C=O) groups is 1. The largest absolute Gasteiger partial charge is 0.394 e. The topological polar surface area (TPSA) is 99.0 Å². The van der Waals surface area contributed by atoms with Crippen LogP contribution in [0.25, 0.3) is 0 Å². The van der Waals surface area contributed by atoms with Gasteiger partial charge in [-0.05, 0) is 0 Å². The summed E-state index contributed by atoms with van der Waals surface area (Å²) in [5.41, 5.74) is 0. The summed E-state index contributed by atoms with van der Waals surface area (Å²) in [5.74, 6) is -0.299. The van der Waals surface area contributed by atoms with Crippen molar-refractivity contribution in [3.63, 3.8) is 0 Å². The van der Waals surface area contributed by atoms with Gasteiger partial charge in [-0.15, -0.1) is 0 Å². The van der Waals surface area contributed by atoms with Gasteiger partial charge in [0.2, 0.25) is 5.91 Å². The SMILES string of the molecule is CC(=O)NC1CC(O)C(CO)OC1O. The third-order valence-corrected chi connectivity index (χ3v) is 2.15. The molecule has 1 rings (SSSR count). The number of carbonyl (C=O) groups excluding carboxylic acids is 1. The maximum Gasteiger partial charge on any atom is 0.217 e. The maximum atomic E-state index is 10.7. The van der Waals surface area contributed by atoms with Crippen LogP contribution in [-0.2, 0) is 9.53 Å². The van der Waals surface area contributed by atoms with Gasteiger partial charge in [-0.3, -0.25) is 4.79 Å². The Balaban J connectivity index is 2.52. The van der Waals surface area contributed by atoms with Crippen LogP contribution >= 0.6 is 0 Å². The van der Waals surface area contributed by atoms with Crippen LogP contribution in [0, 0.1) is 0 Å². The quantitative estimate of drug-likeness (QED) is 0.416. The van der Waals surface area contributed by atoms with Crippen molar-refractivity contribution in [2.75, 3.05) is 6.61 Å². The fourth-order valence-electron chi connectivity index (χ4n) is 1.45. The molecule has 6 heteroatoms. The van der Waals surface area contributed by atoms with E-state index in [2.05, 4.69) is 5.32 Å². The van der Waals surface area contributed by atoms with Crippen LogP contribution in [0.1, 0.15) is 13.3 Å². The van der Waals surface area contributed by atoms with Crippen LogP contribution in [-0.4, -0.2) is 52.4 Å². The fraction of sp³-hybridized carbons (Fsp3) is 0.875. The first-order valence-electron chi connectivity index (χ1n) is 4.44. The predicted molar refractivity (Wildman–Crippen MR) is 46.2 cm³/mol. The molecule has 1 saturated heterocycles. The first kappa shape index (κ1) is 11.4. The lowest BCUT2D eigenvalue weighted by Crippen LogP contribution is -2.55. The molecule has 0 saturated carbocycles. The summed E-state index contributed by atoms with van der Waals surface area (Å²) in [6.45, 7) is 0.961. The van der Waals surface area contributed by atoms with Crippen molar-refractivity contribution < 1.29 is 24.9 Å². The molecule has 0 radical (unpaired) electrons. The van der Waals surface area contributed by atoms with Gasteiger partial charge in [0.25, 0.3) is 0 Å². The van der Waals surface area contributed by atoms with Crippen molar-refractivity contribution in [2.24, 2.45) is 0 Å². The van der Waals surface area contributed by atoms with E-state index in [1.54, 1.807) is 0 Å². The molecule has 1 amide bonds. The average Bonchev–Trinajstić information content (AvgIpc) is 2.10. The van der Waals surface area contributed by atoms with E-state index in [1.165, 1.54) is 6.92 Å². The zero-order valence-corrected chi connectivity index (χ0v) is 7.88. The van der Waals surface area contributed by atoms with Crippen LogP contribution < -0.4 is 5.32 Å². The van der Waals surface area contributed by atoms with Gasteiger partial charge in [-0.2, -0.15) is 0 Å². The smallest absolute Gasteiger partial charge is 0.217 e. The Kier molecular flexibility index (Phi) is 3.82. The second kappa shape index (κ2) is 4.70. The van der Waals surface area contributed by atoms with Crippen LogP contribution in [0.3, 0.4) is 0 Å². The van der Waals surface area contributed by atoms with Gasteiger partial charge in [-0.25, -0.2) is 0 Å². The first-order chi connectivity index (χ1) is 6.54. The Hall–Kier alpha value is -0.690. The molecular weight excluding hydrogens is 190 g/mol. The number of ether oxygens (including phenoxy) is 1. The number of aliphatic hydroxyl groups excluding tert-OH is 3. The first-order valence-corrected chi connectivity index (χ1v) is 4.44. The van der Waals surface area contributed by atoms with Gasteiger partial charge < -0.3 is 25.4 Å². The van der Waals surface area contributed by atoms with Gasteiger partial charge in [0.1, 0.15) is 6.10 Å².